The van der Waals surface area contributed by atoms with E-state index in [1.165, 1.54) is 6.07 Å². The van der Waals surface area contributed by atoms with E-state index in [4.69, 9.17) is 5.11 Å². The van der Waals surface area contributed by atoms with Crippen LogP contribution in [0, 0.1) is 18.7 Å². The molecule has 1 heterocycles. The second kappa shape index (κ2) is 5.70. The molecule has 19 heavy (non-hydrogen) atoms. The van der Waals surface area contributed by atoms with Gasteiger partial charge in [0.05, 0.1) is 5.92 Å². The van der Waals surface area contributed by atoms with Crippen LogP contribution in [-0.4, -0.2) is 28.6 Å². The Morgan fingerprint density at radius 3 is 2.84 bits per heavy atom. The lowest BCUT2D eigenvalue weighted by Gasteiger charge is -2.36. The number of piperidine rings is 1. The maximum atomic E-state index is 13.2. The molecule has 2 unspecified atom stereocenters. The monoisotopic (exact) mass is 265 g/mol. The van der Waals surface area contributed by atoms with Crippen molar-refractivity contribution in [2.45, 2.75) is 39.3 Å². The number of nitrogens with zero attached hydrogens (tertiary/aromatic N) is 1. The van der Waals surface area contributed by atoms with Gasteiger partial charge in [0.2, 0.25) is 0 Å². The minimum Gasteiger partial charge on any atom is -0.481 e. The summed E-state index contributed by atoms with van der Waals surface area (Å²) in [6.45, 7) is 5.13. The molecule has 0 aliphatic carbocycles. The molecule has 1 aliphatic heterocycles. The van der Waals surface area contributed by atoms with E-state index in [0.717, 1.165) is 18.4 Å². The molecule has 3 nitrogen and oxygen atoms in total. The van der Waals surface area contributed by atoms with Crippen LogP contribution in [0.5, 0.6) is 0 Å². The van der Waals surface area contributed by atoms with Gasteiger partial charge >= 0.3 is 5.97 Å². The predicted octanol–water partition coefficient (Wildman–Crippen LogP) is 2.82. The fourth-order valence-corrected chi connectivity index (χ4v) is 2.64. The molecule has 1 aliphatic rings. The highest BCUT2D eigenvalue weighted by Crippen LogP contribution is 2.24. The lowest BCUT2D eigenvalue weighted by molar-refractivity contribution is -0.144. The molecule has 0 saturated carbocycles. The predicted molar refractivity (Wildman–Crippen MR) is 71.4 cm³/mol. The van der Waals surface area contributed by atoms with E-state index >= 15 is 0 Å². The zero-order chi connectivity index (χ0) is 14.0. The Bertz CT molecular complexity index is 475. The van der Waals surface area contributed by atoms with Crippen molar-refractivity contribution >= 4 is 5.97 Å². The summed E-state index contributed by atoms with van der Waals surface area (Å²) in [5.41, 5.74) is 1.67. The molecule has 0 aromatic heterocycles. The molecule has 2 atom stereocenters. The van der Waals surface area contributed by atoms with E-state index in [0.29, 0.717) is 24.7 Å². The highest BCUT2D eigenvalue weighted by atomic mass is 19.1. The second-order valence-electron chi connectivity index (χ2n) is 5.47. The highest BCUT2D eigenvalue weighted by Gasteiger charge is 2.29. The molecule has 0 bridgehead atoms. The van der Waals surface area contributed by atoms with Crippen molar-refractivity contribution in [2.24, 2.45) is 5.92 Å². The minimum atomic E-state index is -0.716. The van der Waals surface area contributed by atoms with Crippen molar-refractivity contribution in [3.8, 4) is 0 Å². The van der Waals surface area contributed by atoms with E-state index < -0.39 is 5.97 Å². The summed E-state index contributed by atoms with van der Waals surface area (Å²) in [5.74, 6) is -1.19. The van der Waals surface area contributed by atoms with Gasteiger partial charge in [-0.2, -0.15) is 0 Å². The van der Waals surface area contributed by atoms with E-state index in [1.807, 2.05) is 6.07 Å². The third-order valence-electron chi connectivity index (χ3n) is 3.97. The number of hydrogen-bond acceptors (Lipinski definition) is 2. The number of benzene rings is 1. The van der Waals surface area contributed by atoms with Crippen LogP contribution in [0.1, 0.15) is 30.9 Å². The zero-order valence-corrected chi connectivity index (χ0v) is 11.4. The molecule has 0 amide bonds. The van der Waals surface area contributed by atoms with Crippen LogP contribution in [0.3, 0.4) is 0 Å². The van der Waals surface area contributed by atoms with Crippen molar-refractivity contribution in [3.05, 3.63) is 35.1 Å². The summed E-state index contributed by atoms with van der Waals surface area (Å²) >= 11 is 0. The summed E-state index contributed by atoms with van der Waals surface area (Å²) in [6.07, 6.45) is 1.65. The number of halogens is 1. The Labute approximate surface area is 113 Å². The average molecular weight is 265 g/mol. The average Bonchev–Trinajstić information content (AvgIpc) is 2.36. The third kappa shape index (κ3) is 3.32. The number of aryl methyl sites for hydroxylation is 1. The van der Waals surface area contributed by atoms with Crippen LogP contribution in [0.15, 0.2) is 18.2 Å². The normalized spacial score (nSPS) is 24.4. The number of rotatable bonds is 3. The summed E-state index contributed by atoms with van der Waals surface area (Å²) in [4.78, 5) is 13.3. The number of hydrogen-bond donors (Lipinski definition) is 1. The lowest BCUT2D eigenvalue weighted by atomic mass is 9.93. The molecular weight excluding hydrogens is 245 g/mol. The fourth-order valence-electron chi connectivity index (χ4n) is 2.64. The first-order chi connectivity index (χ1) is 8.97. The minimum absolute atomic E-state index is 0.196. The van der Waals surface area contributed by atoms with Crippen molar-refractivity contribution in [2.75, 3.05) is 6.54 Å². The maximum Gasteiger partial charge on any atom is 0.307 e. The zero-order valence-electron chi connectivity index (χ0n) is 11.4. The van der Waals surface area contributed by atoms with Gasteiger partial charge in [0.15, 0.2) is 0 Å². The summed E-state index contributed by atoms with van der Waals surface area (Å²) in [6, 6.07) is 5.47. The molecule has 0 radical (unpaired) electrons. The van der Waals surface area contributed by atoms with Gasteiger partial charge in [-0.25, -0.2) is 4.39 Å². The van der Waals surface area contributed by atoms with E-state index in [9.17, 15) is 9.18 Å². The molecule has 1 fully saturated rings. The topological polar surface area (TPSA) is 40.5 Å². The van der Waals surface area contributed by atoms with E-state index in [1.54, 1.807) is 13.0 Å². The van der Waals surface area contributed by atoms with Gasteiger partial charge in [-0.05, 0) is 43.9 Å². The standard InChI is InChI=1S/C15H20FNO2/c1-10-7-12(4-6-14(10)16)8-17-9-13(15(18)19)5-3-11(17)2/h4,6-7,11,13H,3,5,8-9H2,1-2H3,(H,18,19). The van der Waals surface area contributed by atoms with Crippen LogP contribution in [0.2, 0.25) is 0 Å². The van der Waals surface area contributed by atoms with Crippen LogP contribution in [0.25, 0.3) is 0 Å². The lowest BCUT2D eigenvalue weighted by Crippen LogP contribution is -2.43. The van der Waals surface area contributed by atoms with Crippen LogP contribution in [-0.2, 0) is 11.3 Å². The Morgan fingerprint density at radius 1 is 1.47 bits per heavy atom. The van der Waals surface area contributed by atoms with Gasteiger partial charge in [0, 0.05) is 19.1 Å². The quantitative estimate of drug-likeness (QED) is 0.913. The molecule has 1 N–H and O–H groups in total. The van der Waals surface area contributed by atoms with Crippen LogP contribution < -0.4 is 0 Å². The number of carboxylic acid groups (broad SMARTS) is 1. The Morgan fingerprint density at radius 2 is 2.21 bits per heavy atom. The number of aliphatic carboxylic acids is 1. The van der Waals surface area contributed by atoms with E-state index in [2.05, 4.69) is 11.8 Å². The van der Waals surface area contributed by atoms with E-state index in [-0.39, 0.29) is 11.7 Å². The molecule has 1 aromatic carbocycles. The highest BCUT2D eigenvalue weighted by molar-refractivity contribution is 5.70. The molecule has 4 heteroatoms. The molecular formula is C15H20FNO2. The van der Waals surface area contributed by atoms with Crippen molar-refractivity contribution in [1.29, 1.82) is 0 Å². The van der Waals surface area contributed by atoms with Gasteiger partial charge in [-0.1, -0.05) is 12.1 Å². The summed E-state index contributed by atoms with van der Waals surface area (Å²) in [5, 5.41) is 9.11. The molecule has 1 aromatic rings. The second-order valence-corrected chi connectivity index (χ2v) is 5.47. The summed E-state index contributed by atoms with van der Waals surface area (Å²) in [7, 11) is 0. The number of likely N-dealkylation sites (tertiary alicyclic amines) is 1. The first kappa shape index (κ1) is 14.0. The van der Waals surface area contributed by atoms with Crippen molar-refractivity contribution in [1.82, 2.24) is 4.90 Å². The number of carboxylic acids is 1. The molecule has 104 valence electrons. The fraction of sp³-hybridized carbons (Fsp3) is 0.533. The van der Waals surface area contributed by atoms with Gasteiger partial charge in [0.25, 0.3) is 0 Å². The SMILES string of the molecule is Cc1cc(CN2CC(C(=O)O)CCC2C)ccc1F. The van der Waals surface area contributed by atoms with Gasteiger partial charge in [0.1, 0.15) is 5.82 Å². The van der Waals surface area contributed by atoms with Crippen LogP contribution in [0.4, 0.5) is 4.39 Å². The third-order valence-corrected chi connectivity index (χ3v) is 3.97. The summed E-state index contributed by atoms with van der Waals surface area (Å²) < 4.78 is 13.2. The Kier molecular flexibility index (Phi) is 4.20. The van der Waals surface area contributed by atoms with Crippen molar-refractivity contribution < 1.29 is 14.3 Å². The molecule has 2 rings (SSSR count). The van der Waals surface area contributed by atoms with Gasteiger partial charge < -0.3 is 5.11 Å². The Balaban J connectivity index is 2.07. The Hall–Kier alpha value is -1.42. The molecule has 1 saturated heterocycles. The first-order valence-electron chi connectivity index (χ1n) is 6.69. The smallest absolute Gasteiger partial charge is 0.307 e. The molecule has 0 spiro atoms. The maximum absolute atomic E-state index is 13.2. The van der Waals surface area contributed by atoms with Crippen molar-refractivity contribution in [3.63, 3.8) is 0 Å². The largest absolute Gasteiger partial charge is 0.481 e. The first-order valence-corrected chi connectivity index (χ1v) is 6.69. The number of carbonyl (C=O) groups is 1. The van der Waals surface area contributed by atoms with Gasteiger partial charge in [-0.15, -0.1) is 0 Å². The van der Waals surface area contributed by atoms with Gasteiger partial charge in [-0.3, -0.25) is 9.69 Å². The van der Waals surface area contributed by atoms with Crippen LogP contribution >= 0.6 is 0 Å².